The maximum Gasteiger partial charge on any atom is 0.342 e. The maximum atomic E-state index is 12.6. The zero-order chi connectivity index (χ0) is 19.3. The molecule has 0 saturated heterocycles. The molecule has 0 spiro atoms. The van der Waals surface area contributed by atoms with Crippen molar-refractivity contribution in [2.45, 2.75) is 32.9 Å². The average Bonchev–Trinajstić information content (AvgIpc) is 2.57. The number of esters is 1. The average molecular weight is 357 g/mol. The Balaban J connectivity index is 2.06. The molecule has 0 atom stereocenters. The molecule has 26 heavy (non-hydrogen) atoms. The van der Waals surface area contributed by atoms with Crippen LogP contribution in [0.15, 0.2) is 48.5 Å². The maximum absolute atomic E-state index is 12.6. The van der Waals surface area contributed by atoms with E-state index >= 15 is 0 Å². The first-order valence-electron chi connectivity index (χ1n) is 8.22. The third-order valence-electron chi connectivity index (χ3n) is 3.82. The van der Waals surface area contributed by atoms with Crippen LogP contribution in [0, 0.1) is 0 Å². The first kappa shape index (κ1) is 19.3. The lowest BCUT2D eigenvalue weighted by molar-refractivity contribution is -0.140. The first-order chi connectivity index (χ1) is 12.2. The van der Waals surface area contributed by atoms with Gasteiger partial charge in [0.1, 0.15) is 17.1 Å². The summed E-state index contributed by atoms with van der Waals surface area (Å²) in [4.78, 5) is 26.3. The third kappa shape index (κ3) is 4.99. The first-order valence-corrected chi connectivity index (χ1v) is 8.22. The molecule has 6 heteroatoms. The molecule has 0 aromatic heterocycles. The summed E-state index contributed by atoms with van der Waals surface area (Å²) in [6.45, 7) is 5.67. The fourth-order valence-electron chi connectivity index (χ4n) is 2.44. The van der Waals surface area contributed by atoms with E-state index in [2.05, 4.69) is 0 Å². The van der Waals surface area contributed by atoms with Gasteiger partial charge >= 0.3 is 5.97 Å². The molecule has 0 aliphatic carbocycles. The van der Waals surface area contributed by atoms with Crippen LogP contribution in [0.4, 0.5) is 0 Å². The monoisotopic (exact) mass is 357 g/mol. The Morgan fingerprint density at radius 1 is 1.04 bits per heavy atom. The molecule has 0 aliphatic heterocycles. The summed E-state index contributed by atoms with van der Waals surface area (Å²) in [5, 5.41) is 19.0. The second-order valence-corrected chi connectivity index (χ2v) is 6.91. The van der Waals surface area contributed by atoms with Gasteiger partial charge < -0.3 is 19.8 Å². The van der Waals surface area contributed by atoms with Crippen LogP contribution >= 0.6 is 0 Å². The number of carbonyl (C=O) groups excluding carboxylic acids is 2. The van der Waals surface area contributed by atoms with E-state index in [9.17, 15) is 19.8 Å². The lowest BCUT2D eigenvalue weighted by Gasteiger charge is -2.35. The van der Waals surface area contributed by atoms with Gasteiger partial charge in [-0.15, -0.1) is 0 Å². The Bertz CT molecular complexity index is 781. The number of benzene rings is 2. The number of amides is 1. The highest BCUT2D eigenvalue weighted by atomic mass is 16.5. The minimum Gasteiger partial charge on any atom is -0.508 e. The third-order valence-corrected chi connectivity index (χ3v) is 3.82. The molecule has 0 aliphatic rings. The van der Waals surface area contributed by atoms with Crippen molar-refractivity contribution < 1.29 is 24.5 Å². The van der Waals surface area contributed by atoms with E-state index in [1.54, 1.807) is 4.90 Å². The zero-order valence-corrected chi connectivity index (χ0v) is 15.1. The quantitative estimate of drug-likeness (QED) is 0.803. The number of phenols is 2. The minimum absolute atomic E-state index is 0.110. The smallest absolute Gasteiger partial charge is 0.342 e. The van der Waals surface area contributed by atoms with Crippen molar-refractivity contribution in [2.75, 3.05) is 6.61 Å². The Morgan fingerprint density at radius 3 is 2.27 bits per heavy atom. The van der Waals surface area contributed by atoms with Crippen molar-refractivity contribution in [3.63, 3.8) is 0 Å². The Labute approximate surface area is 152 Å². The van der Waals surface area contributed by atoms with E-state index in [-0.39, 0.29) is 17.2 Å². The molecule has 0 saturated carbocycles. The summed E-state index contributed by atoms with van der Waals surface area (Å²) in [7, 11) is 0. The fourth-order valence-corrected chi connectivity index (χ4v) is 2.44. The van der Waals surface area contributed by atoms with Gasteiger partial charge in [0.05, 0.1) is 0 Å². The number of nitrogens with zero attached hydrogens (tertiary/aromatic N) is 1. The lowest BCUT2D eigenvalue weighted by atomic mass is 10.0. The minimum atomic E-state index is -0.829. The molecule has 0 bridgehead atoms. The second kappa shape index (κ2) is 7.91. The van der Waals surface area contributed by atoms with E-state index in [0.29, 0.717) is 6.54 Å². The zero-order valence-electron chi connectivity index (χ0n) is 15.1. The predicted molar refractivity (Wildman–Crippen MR) is 96.8 cm³/mol. The highest BCUT2D eigenvalue weighted by Crippen LogP contribution is 2.23. The van der Waals surface area contributed by atoms with Gasteiger partial charge in [-0.05, 0) is 38.5 Å². The van der Waals surface area contributed by atoms with Crippen molar-refractivity contribution in [1.82, 2.24) is 4.90 Å². The largest absolute Gasteiger partial charge is 0.508 e. The molecule has 0 heterocycles. The number of phenolic OH excluding ortho intramolecular Hbond substituents is 2. The molecule has 1 amide bonds. The fraction of sp³-hybridized carbons (Fsp3) is 0.300. The van der Waals surface area contributed by atoms with Crippen LogP contribution in [0.1, 0.15) is 36.7 Å². The summed E-state index contributed by atoms with van der Waals surface area (Å²) in [5.74, 6) is -1.74. The van der Waals surface area contributed by atoms with Crippen LogP contribution in [0.3, 0.4) is 0 Å². The van der Waals surface area contributed by atoms with Gasteiger partial charge in [-0.3, -0.25) is 4.79 Å². The van der Waals surface area contributed by atoms with Gasteiger partial charge in [-0.1, -0.05) is 30.3 Å². The molecule has 2 N–H and O–H groups in total. The molecule has 0 unspecified atom stereocenters. The van der Waals surface area contributed by atoms with E-state index in [1.807, 2.05) is 51.1 Å². The number of carbonyl (C=O) groups is 2. The van der Waals surface area contributed by atoms with Crippen molar-refractivity contribution in [3.8, 4) is 11.5 Å². The van der Waals surface area contributed by atoms with Gasteiger partial charge in [0.15, 0.2) is 6.61 Å². The van der Waals surface area contributed by atoms with E-state index in [0.717, 1.165) is 11.6 Å². The van der Waals surface area contributed by atoms with E-state index < -0.39 is 23.9 Å². The van der Waals surface area contributed by atoms with E-state index in [1.165, 1.54) is 12.1 Å². The van der Waals surface area contributed by atoms with E-state index in [4.69, 9.17) is 4.74 Å². The molecule has 2 aromatic rings. The number of ether oxygens (including phenoxy) is 1. The summed E-state index contributed by atoms with van der Waals surface area (Å²) in [6.07, 6.45) is 0. The van der Waals surface area contributed by atoms with Crippen LogP contribution < -0.4 is 0 Å². The molecule has 0 fully saturated rings. The molecule has 6 nitrogen and oxygen atoms in total. The molecular weight excluding hydrogens is 334 g/mol. The molecular formula is C20H23NO5. The highest BCUT2D eigenvalue weighted by molar-refractivity contribution is 5.94. The van der Waals surface area contributed by atoms with Crippen LogP contribution in [0.25, 0.3) is 0 Å². The van der Waals surface area contributed by atoms with Crippen LogP contribution in [-0.4, -0.2) is 39.1 Å². The van der Waals surface area contributed by atoms with Gasteiger partial charge in [0.2, 0.25) is 0 Å². The van der Waals surface area contributed by atoms with Crippen LogP contribution in [-0.2, 0) is 16.1 Å². The topological polar surface area (TPSA) is 87.1 Å². The Morgan fingerprint density at radius 2 is 1.69 bits per heavy atom. The molecule has 0 radical (unpaired) electrons. The summed E-state index contributed by atoms with van der Waals surface area (Å²) in [6, 6.07) is 13.1. The summed E-state index contributed by atoms with van der Waals surface area (Å²) < 4.78 is 5.05. The number of rotatable bonds is 5. The van der Waals surface area contributed by atoms with Crippen molar-refractivity contribution in [1.29, 1.82) is 0 Å². The number of aromatic hydroxyl groups is 2. The number of hydrogen-bond acceptors (Lipinski definition) is 5. The van der Waals surface area contributed by atoms with Crippen molar-refractivity contribution >= 4 is 11.9 Å². The SMILES string of the molecule is CC(C)(C)N(Cc1ccccc1)C(=O)COC(=O)c1ccc(O)cc1O. The van der Waals surface area contributed by atoms with Crippen LogP contribution in [0.2, 0.25) is 0 Å². The highest BCUT2D eigenvalue weighted by Gasteiger charge is 2.27. The predicted octanol–water partition coefficient (Wildman–Crippen LogP) is 3.08. The Hall–Kier alpha value is -3.02. The molecule has 2 aromatic carbocycles. The van der Waals surface area contributed by atoms with Gasteiger partial charge in [-0.25, -0.2) is 4.79 Å². The summed E-state index contributed by atoms with van der Waals surface area (Å²) in [5.41, 5.74) is 0.402. The van der Waals surface area contributed by atoms with Gasteiger partial charge in [0.25, 0.3) is 5.91 Å². The van der Waals surface area contributed by atoms with Crippen molar-refractivity contribution in [2.24, 2.45) is 0 Å². The normalized spacial score (nSPS) is 11.0. The standard InChI is InChI=1S/C20H23NO5/c1-20(2,3)21(12-14-7-5-4-6-8-14)18(24)13-26-19(25)16-10-9-15(22)11-17(16)23/h4-11,22-23H,12-13H2,1-3H3. The molecule has 2 rings (SSSR count). The molecule has 138 valence electrons. The summed E-state index contributed by atoms with van der Waals surface area (Å²) >= 11 is 0. The second-order valence-electron chi connectivity index (χ2n) is 6.91. The lowest BCUT2D eigenvalue weighted by Crippen LogP contribution is -2.46. The van der Waals surface area contributed by atoms with Crippen LogP contribution in [0.5, 0.6) is 11.5 Å². The van der Waals surface area contributed by atoms with Crippen molar-refractivity contribution in [3.05, 3.63) is 59.7 Å². The Kier molecular flexibility index (Phi) is 5.87. The van der Waals surface area contributed by atoms with Gasteiger partial charge in [-0.2, -0.15) is 0 Å². The van der Waals surface area contributed by atoms with Gasteiger partial charge in [0, 0.05) is 18.2 Å². The number of hydrogen-bond donors (Lipinski definition) is 2.